The number of nitrogens with zero attached hydrogens (tertiary/aromatic N) is 2. The third kappa shape index (κ3) is 0.722. The second-order valence-electron chi connectivity index (χ2n) is 4.02. The molecule has 0 atom stereocenters. The van der Waals surface area contributed by atoms with Crippen molar-refractivity contribution in [3.05, 3.63) is 16.3 Å². The molecular weight excluding hydrogens is 154 g/mol. The lowest BCUT2D eigenvalue weighted by atomic mass is 9.95. The van der Waals surface area contributed by atoms with Crippen LogP contribution in [0, 0.1) is 5.41 Å². The lowest BCUT2D eigenvalue weighted by Gasteiger charge is -2.20. The predicted molar refractivity (Wildman–Crippen MR) is 42.8 cm³/mol. The van der Waals surface area contributed by atoms with E-state index in [0.717, 1.165) is 18.8 Å². The van der Waals surface area contributed by atoms with Crippen LogP contribution in [0.3, 0.4) is 0 Å². The Hall–Kier alpha value is -1.06. The maximum Gasteiger partial charge on any atom is 0.343 e. The Bertz CT molecular complexity index is 372. The molecule has 3 rings (SSSR count). The van der Waals surface area contributed by atoms with Crippen molar-refractivity contribution in [2.75, 3.05) is 0 Å². The topological polar surface area (TPSA) is 50.7 Å². The van der Waals surface area contributed by atoms with Crippen LogP contribution < -0.4 is 5.69 Å². The Kier molecular flexibility index (Phi) is 0.975. The summed E-state index contributed by atoms with van der Waals surface area (Å²) in [5, 5.41) is 6.52. The van der Waals surface area contributed by atoms with Crippen molar-refractivity contribution in [2.45, 2.75) is 32.2 Å². The van der Waals surface area contributed by atoms with Gasteiger partial charge in [-0.3, -0.25) is 4.57 Å². The van der Waals surface area contributed by atoms with E-state index in [9.17, 15) is 4.79 Å². The van der Waals surface area contributed by atoms with Gasteiger partial charge in [-0.1, -0.05) is 0 Å². The first kappa shape index (κ1) is 6.46. The van der Waals surface area contributed by atoms with Crippen LogP contribution in [0.25, 0.3) is 0 Å². The highest BCUT2D eigenvalue weighted by Crippen LogP contribution is 2.52. The number of aromatic nitrogens is 3. The molecule has 1 saturated carbocycles. The average Bonchev–Trinajstić information content (AvgIpc) is 2.71. The maximum atomic E-state index is 11.1. The van der Waals surface area contributed by atoms with E-state index in [1.54, 1.807) is 4.57 Å². The van der Waals surface area contributed by atoms with Crippen LogP contribution in [0.4, 0.5) is 0 Å². The van der Waals surface area contributed by atoms with Crippen LogP contribution >= 0.6 is 0 Å². The van der Waals surface area contributed by atoms with Gasteiger partial charge in [0.2, 0.25) is 0 Å². The van der Waals surface area contributed by atoms with Gasteiger partial charge in [0.05, 0.1) is 0 Å². The van der Waals surface area contributed by atoms with Gasteiger partial charge in [-0.15, -0.1) is 0 Å². The molecule has 4 heteroatoms. The number of aromatic amines is 1. The number of nitrogens with one attached hydrogen (secondary N) is 1. The number of hydrogen-bond donors (Lipinski definition) is 1. The summed E-state index contributed by atoms with van der Waals surface area (Å²) in [7, 11) is 0. The fourth-order valence-corrected chi connectivity index (χ4v) is 2.09. The van der Waals surface area contributed by atoms with Gasteiger partial charge in [-0.25, -0.2) is 9.89 Å². The van der Waals surface area contributed by atoms with Crippen molar-refractivity contribution in [2.24, 2.45) is 5.41 Å². The molecule has 1 aliphatic heterocycles. The van der Waals surface area contributed by atoms with Crippen LogP contribution in [-0.2, 0) is 13.0 Å². The van der Waals surface area contributed by atoms with Gasteiger partial charge in [0.25, 0.3) is 0 Å². The van der Waals surface area contributed by atoms with Crippen molar-refractivity contribution >= 4 is 0 Å². The van der Waals surface area contributed by atoms with Crippen LogP contribution in [0.2, 0.25) is 0 Å². The number of hydrogen-bond acceptors (Lipinski definition) is 2. The summed E-state index contributed by atoms with van der Waals surface area (Å²) in [6.07, 6.45) is 4.83. The van der Waals surface area contributed by atoms with Gasteiger partial charge in [0.1, 0.15) is 5.82 Å². The van der Waals surface area contributed by atoms with Gasteiger partial charge in [-0.05, 0) is 24.7 Å². The molecule has 0 radical (unpaired) electrons. The van der Waals surface area contributed by atoms with Gasteiger partial charge in [0.15, 0.2) is 0 Å². The molecule has 0 aromatic carbocycles. The highest BCUT2D eigenvalue weighted by molar-refractivity contribution is 5.05. The average molecular weight is 165 g/mol. The Morgan fingerprint density at radius 3 is 3.00 bits per heavy atom. The standard InChI is InChI=1S/C8H11N3O/c12-7-10-9-6-5-8(1-2-8)3-4-11(6)7/h1-5H2,(H,10,12). The van der Waals surface area contributed by atoms with Gasteiger partial charge in [-0.2, -0.15) is 5.10 Å². The number of rotatable bonds is 0. The van der Waals surface area contributed by atoms with E-state index in [-0.39, 0.29) is 5.69 Å². The van der Waals surface area contributed by atoms with E-state index in [4.69, 9.17) is 0 Å². The molecule has 4 nitrogen and oxygen atoms in total. The Balaban J connectivity index is 2.07. The van der Waals surface area contributed by atoms with Gasteiger partial charge < -0.3 is 0 Å². The van der Waals surface area contributed by atoms with Crippen LogP contribution in [0.5, 0.6) is 0 Å². The first-order valence-electron chi connectivity index (χ1n) is 4.43. The fraction of sp³-hybridized carbons (Fsp3) is 0.750. The van der Waals surface area contributed by atoms with Crippen LogP contribution in [-0.4, -0.2) is 14.8 Å². The van der Waals surface area contributed by atoms with E-state index in [0.29, 0.717) is 5.41 Å². The van der Waals surface area contributed by atoms with Gasteiger partial charge >= 0.3 is 5.69 Å². The Morgan fingerprint density at radius 1 is 1.42 bits per heavy atom. The zero-order valence-electron chi connectivity index (χ0n) is 6.84. The van der Waals surface area contributed by atoms with E-state index in [2.05, 4.69) is 10.2 Å². The molecule has 0 saturated heterocycles. The molecule has 1 aromatic rings. The lowest BCUT2D eigenvalue weighted by molar-refractivity contribution is 0.357. The van der Waals surface area contributed by atoms with Crippen molar-refractivity contribution in [3.8, 4) is 0 Å². The molecule has 1 N–H and O–H groups in total. The van der Waals surface area contributed by atoms with Crippen LogP contribution in [0.15, 0.2) is 4.79 Å². The predicted octanol–water partition coefficient (Wildman–Crippen LogP) is 0.298. The van der Waals surface area contributed by atoms with Crippen molar-refractivity contribution in [1.82, 2.24) is 14.8 Å². The molecule has 0 amide bonds. The number of H-pyrrole nitrogens is 1. The summed E-state index contributed by atoms with van der Waals surface area (Å²) < 4.78 is 1.77. The molecule has 1 aliphatic carbocycles. The van der Waals surface area contributed by atoms with Crippen LogP contribution in [0.1, 0.15) is 25.1 Å². The summed E-state index contributed by atoms with van der Waals surface area (Å²) in [5.41, 5.74) is 0.502. The third-order valence-corrected chi connectivity index (χ3v) is 3.19. The molecule has 0 bridgehead atoms. The summed E-state index contributed by atoms with van der Waals surface area (Å²) in [4.78, 5) is 11.1. The summed E-state index contributed by atoms with van der Waals surface area (Å²) in [6.45, 7) is 0.866. The van der Waals surface area contributed by atoms with Crippen molar-refractivity contribution in [1.29, 1.82) is 0 Å². The smallest absolute Gasteiger partial charge is 0.279 e. The first-order valence-corrected chi connectivity index (χ1v) is 4.43. The van der Waals surface area contributed by atoms with E-state index < -0.39 is 0 Å². The highest BCUT2D eigenvalue weighted by atomic mass is 16.1. The normalized spacial score (nSPS) is 24.0. The third-order valence-electron chi connectivity index (χ3n) is 3.19. The molecule has 0 unspecified atom stereocenters. The molecular formula is C8H11N3O. The fourth-order valence-electron chi connectivity index (χ4n) is 2.09. The Morgan fingerprint density at radius 2 is 2.25 bits per heavy atom. The van der Waals surface area contributed by atoms with E-state index in [1.807, 2.05) is 0 Å². The summed E-state index contributed by atoms with van der Waals surface area (Å²) in [6, 6.07) is 0. The minimum atomic E-state index is -0.0412. The molecule has 12 heavy (non-hydrogen) atoms. The molecule has 64 valence electrons. The summed E-state index contributed by atoms with van der Waals surface area (Å²) >= 11 is 0. The molecule has 1 aromatic heterocycles. The van der Waals surface area contributed by atoms with Crippen molar-refractivity contribution in [3.63, 3.8) is 0 Å². The second kappa shape index (κ2) is 1.81. The monoisotopic (exact) mass is 165 g/mol. The summed E-state index contributed by atoms with van der Waals surface area (Å²) in [5.74, 6) is 0.962. The van der Waals surface area contributed by atoms with E-state index in [1.165, 1.54) is 19.3 Å². The second-order valence-corrected chi connectivity index (χ2v) is 4.02. The van der Waals surface area contributed by atoms with Gasteiger partial charge in [0, 0.05) is 13.0 Å². The molecule has 1 spiro atoms. The zero-order chi connectivity index (χ0) is 8.18. The lowest BCUT2D eigenvalue weighted by Crippen LogP contribution is -2.27. The minimum absolute atomic E-state index is 0.0412. The largest absolute Gasteiger partial charge is 0.343 e. The van der Waals surface area contributed by atoms with Crippen molar-refractivity contribution < 1.29 is 0 Å². The molecule has 2 aliphatic rings. The highest BCUT2D eigenvalue weighted by Gasteiger charge is 2.45. The quantitative estimate of drug-likeness (QED) is 0.601. The zero-order valence-corrected chi connectivity index (χ0v) is 6.84. The Labute approximate surface area is 69.6 Å². The molecule has 1 fully saturated rings. The number of fused-ring (bicyclic) bond motifs is 1. The van der Waals surface area contributed by atoms with E-state index >= 15 is 0 Å². The SMILES string of the molecule is O=c1[nH]nc2n1CCC1(CC1)C2. The minimum Gasteiger partial charge on any atom is -0.279 e. The molecule has 2 heterocycles. The maximum absolute atomic E-state index is 11.1. The first-order chi connectivity index (χ1) is 5.79.